The molecule has 0 unspecified atom stereocenters. The van der Waals surface area contributed by atoms with Crippen LogP contribution < -0.4 is 19.5 Å². The molecular formula is C21H22N2O4S. The summed E-state index contributed by atoms with van der Waals surface area (Å²) in [5.74, 6) is 1.61. The monoisotopic (exact) mass is 398 g/mol. The van der Waals surface area contributed by atoms with Crippen LogP contribution in [-0.4, -0.2) is 31.7 Å². The van der Waals surface area contributed by atoms with E-state index in [4.69, 9.17) is 14.2 Å². The van der Waals surface area contributed by atoms with Gasteiger partial charge in [0.05, 0.1) is 32.1 Å². The van der Waals surface area contributed by atoms with Crippen molar-refractivity contribution >= 4 is 22.4 Å². The predicted molar refractivity (Wildman–Crippen MR) is 111 cm³/mol. The smallest absolute Gasteiger partial charge is 0.261 e. The van der Waals surface area contributed by atoms with Crippen LogP contribution in [0.5, 0.6) is 17.2 Å². The second kappa shape index (κ2) is 9.23. The lowest BCUT2D eigenvalue weighted by molar-refractivity contribution is 0.102. The van der Waals surface area contributed by atoms with E-state index < -0.39 is 0 Å². The maximum atomic E-state index is 12.6. The van der Waals surface area contributed by atoms with Gasteiger partial charge in [-0.15, -0.1) is 11.3 Å². The number of methoxy groups -OCH3 is 2. The highest BCUT2D eigenvalue weighted by Crippen LogP contribution is 2.29. The fourth-order valence-corrected chi connectivity index (χ4v) is 3.27. The van der Waals surface area contributed by atoms with Crippen LogP contribution >= 0.6 is 11.3 Å². The molecule has 0 aliphatic rings. The summed E-state index contributed by atoms with van der Waals surface area (Å²) in [5.41, 5.74) is 2.17. The van der Waals surface area contributed by atoms with Crippen molar-refractivity contribution in [2.24, 2.45) is 0 Å². The van der Waals surface area contributed by atoms with E-state index in [0.29, 0.717) is 28.8 Å². The lowest BCUT2D eigenvalue weighted by Crippen LogP contribution is -2.13. The van der Waals surface area contributed by atoms with E-state index in [1.807, 2.05) is 29.6 Å². The van der Waals surface area contributed by atoms with E-state index in [-0.39, 0.29) is 5.91 Å². The molecule has 3 rings (SSSR count). The van der Waals surface area contributed by atoms with E-state index in [9.17, 15) is 4.79 Å². The number of aromatic nitrogens is 1. The lowest BCUT2D eigenvalue weighted by atomic mass is 10.1. The van der Waals surface area contributed by atoms with Gasteiger partial charge in [-0.1, -0.05) is 6.92 Å². The first-order valence-electron chi connectivity index (χ1n) is 8.86. The molecule has 1 heterocycles. The predicted octanol–water partition coefficient (Wildman–Crippen LogP) is 4.87. The Balaban J connectivity index is 1.71. The number of rotatable bonds is 8. The van der Waals surface area contributed by atoms with Gasteiger partial charge in [0.25, 0.3) is 5.91 Å². The van der Waals surface area contributed by atoms with E-state index >= 15 is 0 Å². The van der Waals surface area contributed by atoms with Crippen molar-refractivity contribution in [2.75, 3.05) is 26.1 Å². The molecule has 0 bridgehead atoms. The number of anilines is 1. The zero-order valence-electron chi connectivity index (χ0n) is 16.0. The minimum atomic E-state index is -0.288. The van der Waals surface area contributed by atoms with E-state index in [0.717, 1.165) is 23.4 Å². The van der Waals surface area contributed by atoms with Crippen molar-refractivity contribution < 1.29 is 19.0 Å². The van der Waals surface area contributed by atoms with Crippen molar-refractivity contribution in [3.63, 3.8) is 0 Å². The van der Waals surface area contributed by atoms with Crippen molar-refractivity contribution in [2.45, 2.75) is 13.3 Å². The van der Waals surface area contributed by atoms with Crippen molar-refractivity contribution in [3.05, 3.63) is 53.4 Å². The number of benzene rings is 2. The van der Waals surface area contributed by atoms with Gasteiger partial charge in [0, 0.05) is 17.0 Å². The maximum Gasteiger partial charge on any atom is 0.261 e. The van der Waals surface area contributed by atoms with Gasteiger partial charge >= 0.3 is 0 Å². The quantitative estimate of drug-likeness (QED) is 0.586. The van der Waals surface area contributed by atoms with Crippen molar-refractivity contribution in [3.8, 4) is 28.5 Å². The third kappa shape index (κ3) is 4.61. The molecule has 0 saturated carbocycles. The zero-order chi connectivity index (χ0) is 19.9. The van der Waals surface area contributed by atoms with Gasteiger partial charge in [-0.05, 0) is 42.8 Å². The molecule has 6 nitrogen and oxygen atoms in total. The number of thiazole rings is 1. The first-order valence-corrected chi connectivity index (χ1v) is 9.74. The summed E-state index contributed by atoms with van der Waals surface area (Å²) >= 11 is 1.37. The van der Waals surface area contributed by atoms with Crippen LogP contribution in [-0.2, 0) is 0 Å². The Hall–Kier alpha value is -3.06. The molecule has 1 amide bonds. The molecule has 1 aromatic heterocycles. The Morgan fingerprint density at radius 2 is 1.82 bits per heavy atom. The fraction of sp³-hybridized carbons (Fsp3) is 0.238. The number of carbonyl (C=O) groups is 1. The number of ether oxygens (including phenoxy) is 3. The third-order valence-corrected chi connectivity index (χ3v) is 4.76. The topological polar surface area (TPSA) is 69.7 Å². The molecule has 0 saturated heterocycles. The average molecular weight is 398 g/mol. The standard InChI is InChI=1S/C21H22N2O4S/c1-4-11-27-15-7-5-14(6-8-15)18-13-28-21(22-18)23-20(24)17-10-9-16(25-2)12-19(17)26-3/h5-10,12-13H,4,11H2,1-3H3,(H,22,23,24). The zero-order valence-corrected chi connectivity index (χ0v) is 16.8. The first-order chi connectivity index (χ1) is 13.6. The molecule has 7 heteroatoms. The minimum Gasteiger partial charge on any atom is -0.497 e. The first kappa shape index (κ1) is 19.7. The summed E-state index contributed by atoms with van der Waals surface area (Å²) in [6, 6.07) is 12.8. The van der Waals surface area contributed by atoms with E-state index in [1.165, 1.54) is 18.4 Å². The summed E-state index contributed by atoms with van der Waals surface area (Å²) in [7, 11) is 3.08. The Labute approximate surface area is 168 Å². The number of amides is 1. The summed E-state index contributed by atoms with van der Waals surface area (Å²) in [5, 5.41) is 5.25. The molecular weight excluding hydrogens is 376 g/mol. The van der Waals surface area contributed by atoms with Gasteiger partial charge in [-0.2, -0.15) is 0 Å². The number of nitrogens with zero attached hydrogens (tertiary/aromatic N) is 1. The summed E-state index contributed by atoms with van der Waals surface area (Å²) in [6.07, 6.45) is 0.968. The van der Waals surface area contributed by atoms with Crippen LogP contribution in [0.3, 0.4) is 0 Å². The molecule has 0 atom stereocenters. The molecule has 0 aliphatic carbocycles. The Morgan fingerprint density at radius 3 is 2.50 bits per heavy atom. The normalized spacial score (nSPS) is 10.4. The van der Waals surface area contributed by atoms with Crippen LogP contribution in [0.4, 0.5) is 5.13 Å². The molecule has 0 radical (unpaired) electrons. The highest BCUT2D eigenvalue weighted by Gasteiger charge is 2.15. The highest BCUT2D eigenvalue weighted by molar-refractivity contribution is 7.14. The molecule has 28 heavy (non-hydrogen) atoms. The maximum absolute atomic E-state index is 12.6. The van der Waals surface area contributed by atoms with Crippen LogP contribution in [0, 0.1) is 0 Å². The number of hydrogen-bond donors (Lipinski definition) is 1. The SMILES string of the molecule is CCCOc1ccc(-c2csc(NC(=O)c3ccc(OC)cc3OC)n2)cc1. The second-order valence-corrected chi connectivity index (χ2v) is 6.79. The van der Waals surface area contributed by atoms with E-state index in [2.05, 4.69) is 17.2 Å². The van der Waals surface area contributed by atoms with Crippen LogP contribution in [0.15, 0.2) is 47.8 Å². The van der Waals surface area contributed by atoms with Gasteiger partial charge in [0.1, 0.15) is 17.2 Å². The average Bonchev–Trinajstić information content (AvgIpc) is 3.20. The largest absolute Gasteiger partial charge is 0.497 e. The Bertz CT molecular complexity index is 938. The van der Waals surface area contributed by atoms with Gasteiger partial charge in [-0.25, -0.2) is 4.98 Å². The third-order valence-electron chi connectivity index (χ3n) is 4.00. The van der Waals surface area contributed by atoms with Crippen LogP contribution in [0.25, 0.3) is 11.3 Å². The van der Waals surface area contributed by atoms with Gasteiger partial charge in [-0.3, -0.25) is 10.1 Å². The van der Waals surface area contributed by atoms with Crippen molar-refractivity contribution in [1.82, 2.24) is 4.98 Å². The number of hydrogen-bond acceptors (Lipinski definition) is 6. The molecule has 0 fully saturated rings. The summed E-state index contributed by atoms with van der Waals surface area (Å²) in [6.45, 7) is 2.77. The second-order valence-electron chi connectivity index (χ2n) is 5.93. The number of carbonyl (C=O) groups excluding carboxylic acids is 1. The summed E-state index contributed by atoms with van der Waals surface area (Å²) < 4.78 is 16.0. The molecule has 2 aromatic carbocycles. The summed E-state index contributed by atoms with van der Waals surface area (Å²) in [4.78, 5) is 17.1. The molecule has 1 N–H and O–H groups in total. The molecule has 146 valence electrons. The van der Waals surface area contributed by atoms with Gasteiger partial charge in [0.2, 0.25) is 0 Å². The molecule has 0 spiro atoms. The molecule has 0 aliphatic heterocycles. The Morgan fingerprint density at radius 1 is 1.07 bits per heavy atom. The number of nitrogens with one attached hydrogen (secondary N) is 1. The molecule has 3 aromatic rings. The lowest BCUT2D eigenvalue weighted by Gasteiger charge is -2.09. The minimum absolute atomic E-state index is 0.288. The Kier molecular flexibility index (Phi) is 6.49. The van der Waals surface area contributed by atoms with E-state index in [1.54, 1.807) is 25.3 Å². The van der Waals surface area contributed by atoms with Crippen LogP contribution in [0.1, 0.15) is 23.7 Å². The highest BCUT2D eigenvalue weighted by atomic mass is 32.1. The van der Waals surface area contributed by atoms with Gasteiger partial charge < -0.3 is 14.2 Å². The van der Waals surface area contributed by atoms with Crippen LogP contribution in [0.2, 0.25) is 0 Å². The van der Waals surface area contributed by atoms with Crippen molar-refractivity contribution in [1.29, 1.82) is 0 Å². The fourth-order valence-electron chi connectivity index (χ4n) is 2.56. The van der Waals surface area contributed by atoms with Gasteiger partial charge in [0.15, 0.2) is 5.13 Å².